The van der Waals surface area contributed by atoms with Crippen molar-refractivity contribution in [3.8, 4) is 17.2 Å². The molecule has 29 heavy (non-hydrogen) atoms. The number of ether oxygens (including phenoxy) is 2. The lowest BCUT2D eigenvalue weighted by atomic mass is 10.2. The first-order chi connectivity index (χ1) is 14.0. The van der Waals surface area contributed by atoms with E-state index < -0.39 is 10.0 Å². The van der Waals surface area contributed by atoms with Crippen LogP contribution in [0.1, 0.15) is 0 Å². The van der Waals surface area contributed by atoms with Crippen molar-refractivity contribution >= 4 is 26.7 Å². The maximum atomic E-state index is 13.0. The van der Waals surface area contributed by atoms with Crippen LogP contribution in [0.2, 0.25) is 0 Å². The van der Waals surface area contributed by atoms with Crippen molar-refractivity contribution in [2.45, 2.75) is 4.90 Å². The first kappa shape index (κ1) is 18.8. The van der Waals surface area contributed by atoms with Crippen LogP contribution in [-0.4, -0.2) is 32.2 Å². The third-order valence-corrected chi connectivity index (χ3v) is 5.89. The number of methoxy groups -OCH3 is 2. The number of sulfonamides is 1. The van der Waals surface area contributed by atoms with E-state index in [1.807, 2.05) is 41.0 Å². The molecule has 1 aromatic heterocycles. The van der Waals surface area contributed by atoms with Gasteiger partial charge in [0.2, 0.25) is 0 Å². The van der Waals surface area contributed by atoms with Crippen molar-refractivity contribution in [2.75, 3.05) is 18.9 Å². The van der Waals surface area contributed by atoms with Gasteiger partial charge in [0.25, 0.3) is 10.0 Å². The molecule has 0 atom stereocenters. The lowest BCUT2D eigenvalue weighted by Gasteiger charge is -2.15. The van der Waals surface area contributed by atoms with Crippen LogP contribution in [0.4, 0.5) is 5.69 Å². The number of nitrogens with zero attached hydrogens (tertiary/aromatic N) is 2. The average molecular weight is 409 g/mol. The van der Waals surface area contributed by atoms with Crippen LogP contribution >= 0.6 is 0 Å². The minimum atomic E-state index is -3.86. The third kappa shape index (κ3) is 3.50. The zero-order chi connectivity index (χ0) is 20.4. The monoisotopic (exact) mass is 409 g/mol. The molecule has 3 aromatic carbocycles. The van der Waals surface area contributed by atoms with Gasteiger partial charge in [0.05, 0.1) is 41.5 Å². The van der Waals surface area contributed by atoms with E-state index in [2.05, 4.69) is 9.71 Å². The summed E-state index contributed by atoms with van der Waals surface area (Å²) in [6.07, 6.45) is 1.67. The third-order valence-electron chi connectivity index (χ3n) is 4.53. The molecule has 0 unspecified atom stereocenters. The smallest absolute Gasteiger partial charge is 0.262 e. The Morgan fingerprint density at radius 3 is 2.41 bits per heavy atom. The molecule has 0 aliphatic heterocycles. The largest absolute Gasteiger partial charge is 0.493 e. The van der Waals surface area contributed by atoms with Gasteiger partial charge in [0.15, 0.2) is 11.5 Å². The molecule has 0 amide bonds. The number of hydrogen-bond acceptors (Lipinski definition) is 5. The van der Waals surface area contributed by atoms with E-state index in [0.717, 1.165) is 11.0 Å². The van der Waals surface area contributed by atoms with Gasteiger partial charge in [0, 0.05) is 6.07 Å². The first-order valence-electron chi connectivity index (χ1n) is 8.80. The Bertz CT molecular complexity index is 1280. The van der Waals surface area contributed by atoms with Gasteiger partial charge >= 0.3 is 0 Å². The molecule has 0 aliphatic carbocycles. The van der Waals surface area contributed by atoms with Gasteiger partial charge in [-0.2, -0.15) is 0 Å². The predicted octanol–water partition coefficient (Wildman–Crippen LogP) is 3.84. The van der Waals surface area contributed by atoms with Crippen molar-refractivity contribution in [1.29, 1.82) is 0 Å². The topological polar surface area (TPSA) is 82.5 Å². The van der Waals surface area contributed by atoms with Crippen LogP contribution in [0.3, 0.4) is 0 Å². The Balaban J connectivity index is 1.76. The Labute approximate surface area is 168 Å². The molecule has 0 saturated heterocycles. The number of anilines is 1. The summed E-state index contributed by atoms with van der Waals surface area (Å²) in [5.74, 6) is 0.793. The molecule has 0 saturated carbocycles. The fourth-order valence-corrected chi connectivity index (χ4v) is 4.20. The van der Waals surface area contributed by atoms with Gasteiger partial charge in [-0.05, 0) is 36.4 Å². The number of hydrogen-bond donors (Lipinski definition) is 1. The predicted molar refractivity (Wildman–Crippen MR) is 111 cm³/mol. The molecule has 1 heterocycles. The summed E-state index contributed by atoms with van der Waals surface area (Å²) in [5.41, 5.74) is 2.81. The SMILES string of the molecule is COc1ccc(S(=O)(=O)Nc2ccccc2-n2cnc3ccccc32)cc1OC. The minimum Gasteiger partial charge on any atom is -0.493 e. The first-order valence-corrected chi connectivity index (χ1v) is 10.3. The summed E-state index contributed by atoms with van der Waals surface area (Å²) in [7, 11) is -0.902. The summed E-state index contributed by atoms with van der Waals surface area (Å²) in [6, 6.07) is 19.3. The number of para-hydroxylation sites is 4. The normalized spacial score (nSPS) is 11.4. The molecule has 8 heteroatoms. The Morgan fingerprint density at radius 2 is 1.62 bits per heavy atom. The van der Waals surface area contributed by atoms with Crippen LogP contribution in [0.25, 0.3) is 16.7 Å². The Kier molecular flexibility index (Phi) is 4.85. The summed E-state index contributed by atoms with van der Waals surface area (Å²) in [6.45, 7) is 0. The van der Waals surface area contributed by atoms with E-state index in [0.29, 0.717) is 22.9 Å². The molecule has 0 radical (unpaired) electrons. The summed E-state index contributed by atoms with van der Waals surface area (Å²) < 4.78 is 41.0. The van der Waals surface area contributed by atoms with Crippen molar-refractivity contribution in [3.63, 3.8) is 0 Å². The maximum Gasteiger partial charge on any atom is 0.262 e. The van der Waals surface area contributed by atoms with E-state index in [1.54, 1.807) is 24.5 Å². The van der Waals surface area contributed by atoms with E-state index in [4.69, 9.17) is 9.47 Å². The lowest BCUT2D eigenvalue weighted by molar-refractivity contribution is 0.354. The minimum absolute atomic E-state index is 0.0699. The molecule has 0 bridgehead atoms. The highest BCUT2D eigenvalue weighted by molar-refractivity contribution is 7.92. The van der Waals surface area contributed by atoms with Crippen LogP contribution in [-0.2, 0) is 10.0 Å². The number of nitrogens with one attached hydrogen (secondary N) is 1. The highest BCUT2D eigenvalue weighted by Gasteiger charge is 2.19. The molecule has 148 valence electrons. The lowest BCUT2D eigenvalue weighted by Crippen LogP contribution is -2.14. The molecule has 0 fully saturated rings. The van der Waals surface area contributed by atoms with E-state index in [-0.39, 0.29) is 4.90 Å². The van der Waals surface area contributed by atoms with E-state index in [1.165, 1.54) is 26.4 Å². The zero-order valence-electron chi connectivity index (χ0n) is 15.9. The molecule has 0 aliphatic rings. The van der Waals surface area contributed by atoms with Gasteiger partial charge < -0.3 is 9.47 Å². The van der Waals surface area contributed by atoms with Gasteiger partial charge in [0.1, 0.15) is 6.33 Å². The number of rotatable bonds is 6. The summed E-state index contributed by atoms with van der Waals surface area (Å²) in [4.78, 5) is 4.46. The molecular weight excluding hydrogens is 390 g/mol. The second kappa shape index (κ2) is 7.48. The second-order valence-corrected chi connectivity index (χ2v) is 7.93. The molecule has 0 spiro atoms. The quantitative estimate of drug-likeness (QED) is 0.523. The maximum absolute atomic E-state index is 13.0. The van der Waals surface area contributed by atoms with Gasteiger partial charge in [-0.1, -0.05) is 24.3 Å². The second-order valence-electron chi connectivity index (χ2n) is 6.24. The van der Waals surface area contributed by atoms with Crippen LogP contribution in [0, 0.1) is 0 Å². The highest BCUT2D eigenvalue weighted by atomic mass is 32.2. The van der Waals surface area contributed by atoms with Crippen molar-refractivity contribution in [2.24, 2.45) is 0 Å². The summed E-state index contributed by atoms with van der Waals surface area (Å²) >= 11 is 0. The molecular formula is C21H19N3O4S. The molecule has 4 aromatic rings. The van der Waals surface area contributed by atoms with Crippen LogP contribution in [0.15, 0.2) is 78.0 Å². The van der Waals surface area contributed by atoms with Gasteiger partial charge in [-0.25, -0.2) is 13.4 Å². The standard InChI is InChI=1S/C21H19N3O4S/c1-27-20-12-11-15(13-21(20)28-2)29(25,26)23-17-8-4-6-10-19(17)24-14-22-16-7-3-5-9-18(16)24/h3-14,23H,1-2H3. The average Bonchev–Trinajstić information content (AvgIpc) is 3.17. The summed E-state index contributed by atoms with van der Waals surface area (Å²) in [5, 5.41) is 0. The molecule has 1 N–H and O–H groups in total. The van der Waals surface area contributed by atoms with Crippen molar-refractivity contribution < 1.29 is 17.9 Å². The fraction of sp³-hybridized carbons (Fsp3) is 0.0952. The Hall–Kier alpha value is -3.52. The van der Waals surface area contributed by atoms with Crippen molar-refractivity contribution in [3.05, 3.63) is 73.1 Å². The number of aromatic nitrogens is 2. The van der Waals surface area contributed by atoms with Crippen LogP contribution < -0.4 is 14.2 Å². The van der Waals surface area contributed by atoms with Crippen molar-refractivity contribution in [1.82, 2.24) is 9.55 Å². The van der Waals surface area contributed by atoms with E-state index in [9.17, 15) is 8.42 Å². The number of imidazole rings is 1. The van der Waals surface area contributed by atoms with Crippen LogP contribution in [0.5, 0.6) is 11.5 Å². The fourth-order valence-electron chi connectivity index (χ4n) is 3.11. The van der Waals surface area contributed by atoms with Gasteiger partial charge in [-0.3, -0.25) is 9.29 Å². The number of fused-ring (bicyclic) bond motifs is 1. The van der Waals surface area contributed by atoms with E-state index >= 15 is 0 Å². The molecule has 4 rings (SSSR count). The van der Waals surface area contributed by atoms with Gasteiger partial charge in [-0.15, -0.1) is 0 Å². The number of benzene rings is 3. The Morgan fingerprint density at radius 1 is 0.897 bits per heavy atom. The highest BCUT2D eigenvalue weighted by Crippen LogP contribution is 2.31. The molecule has 7 nitrogen and oxygen atoms in total. The zero-order valence-corrected chi connectivity index (χ0v) is 16.7.